The highest BCUT2D eigenvalue weighted by atomic mass is 16.6. The maximum Gasteiger partial charge on any atom is 0.412 e. The predicted molar refractivity (Wildman–Crippen MR) is 130 cm³/mol. The minimum Gasteiger partial charge on any atom is -0.495 e. The molecule has 0 atom stereocenters. The molecule has 1 aliphatic heterocycles. The van der Waals surface area contributed by atoms with E-state index < -0.39 is 11.7 Å². The van der Waals surface area contributed by atoms with Gasteiger partial charge in [0.15, 0.2) is 0 Å². The molecule has 9 nitrogen and oxygen atoms in total. The fraction of sp³-hybridized carbons (Fsp3) is 0.458. The number of carbonyl (C=O) groups excluding carboxylic acids is 1. The highest BCUT2D eigenvalue weighted by Crippen LogP contribution is 2.37. The first-order valence-corrected chi connectivity index (χ1v) is 11.2. The molecule has 9 heteroatoms. The molecule has 0 aliphatic carbocycles. The van der Waals surface area contributed by atoms with E-state index in [1.165, 1.54) is 0 Å². The van der Waals surface area contributed by atoms with Crippen molar-refractivity contribution in [3.8, 4) is 17.0 Å². The van der Waals surface area contributed by atoms with Crippen molar-refractivity contribution < 1.29 is 14.3 Å². The molecular formula is C24H32N6O3. The Labute approximate surface area is 193 Å². The first-order chi connectivity index (χ1) is 15.7. The Kier molecular flexibility index (Phi) is 6.16. The molecule has 0 radical (unpaired) electrons. The number of nitrogen functional groups attached to an aromatic ring is 1. The topological polar surface area (TPSA) is 108 Å². The van der Waals surface area contributed by atoms with Gasteiger partial charge in [-0.15, -0.1) is 0 Å². The molecule has 1 saturated heterocycles. The van der Waals surface area contributed by atoms with Gasteiger partial charge in [-0.3, -0.25) is 10.00 Å². The molecule has 176 valence electrons. The van der Waals surface area contributed by atoms with Crippen LogP contribution in [-0.4, -0.2) is 58.6 Å². The number of benzene rings is 1. The Morgan fingerprint density at radius 2 is 1.94 bits per heavy atom. The van der Waals surface area contributed by atoms with Gasteiger partial charge in [0.05, 0.1) is 29.7 Å². The van der Waals surface area contributed by atoms with Crippen LogP contribution in [0.1, 0.15) is 39.7 Å². The third kappa shape index (κ3) is 4.88. The minimum atomic E-state index is -0.596. The molecule has 2 aromatic heterocycles. The quantitative estimate of drug-likeness (QED) is 0.607. The molecule has 3 aromatic rings. The zero-order valence-corrected chi connectivity index (χ0v) is 19.9. The Morgan fingerprint density at radius 3 is 2.61 bits per heavy atom. The average Bonchev–Trinajstić information content (AvgIpc) is 3.14. The van der Waals surface area contributed by atoms with Gasteiger partial charge in [-0.1, -0.05) is 6.07 Å². The lowest BCUT2D eigenvalue weighted by Gasteiger charge is -2.29. The first-order valence-electron chi connectivity index (χ1n) is 11.2. The summed E-state index contributed by atoms with van der Waals surface area (Å²) in [5.41, 5.74) is 8.78. The molecule has 0 saturated carbocycles. The molecule has 3 N–H and O–H groups in total. The number of ether oxygens (including phenoxy) is 2. The van der Waals surface area contributed by atoms with Crippen molar-refractivity contribution in [1.29, 1.82) is 0 Å². The number of amides is 1. The van der Waals surface area contributed by atoms with Crippen molar-refractivity contribution in [2.45, 2.75) is 45.3 Å². The number of anilines is 2. The van der Waals surface area contributed by atoms with Crippen LogP contribution in [-0.2, 0) is 4.74 Å². The lowest BCUT2D eigenvalue weighted by atomic mass is 10.1. The summed E-state index contributed by atoms with van der Waals surface area (Å²) in [6.07, 6.45) is 3.23. The summed E-state index contributed by atoms with van der Waals surface area (Å²) in [5.74, 6) is 0.944. The van der Waals surface area contributed by atoms with Crippen LogP contribution in [0.5, 0.6) is 5.75 Å². The normalized spacial score (nSPS) is 15.5. The van der Waals surface area contributed by atoms with E-state index in [1.54, 1.807) is 19.4 Å². The van der Waals surface area contributed by atoms with Gasteiger partial charge in [-0.05, 0) is 71.9 Å². The number of nitrogens with two attached hydrogens (primary N) is 1. The summed E-state index contributed by atoms with van der Waals surface area (Å²) in [7, 11) is 3.70. The Bertz CT molecular complexity index is 1160. The van der Waals surface area contributed by atoms with Crippen LogP contribution in [0.2, 0.25) is 0 Å². The fourth-order valence-electron chi connectivity index (χ4n) is 4.19. The second-order valence-corrected chi connectivity index (χ2v) is 9.46. The smallest absolute Gasteiger partial charge is 0.412 e. The van der Waals surface area contributed by atoms with Gasteiger partial charge in [0.2, 0.25) is 0 Å². The summed E-state index contributed by atoms with van der Waals surface area (Å²) in [4.78, 5) is 18.9. The van der Waals surface area contributed by atoms with Crippen molar-refractivity contribution in [1.82, 2.24) is 19.7 Å². The summed E-state index contributed by atoms with van der Waals surface area (Å²) in [6.45, 7) is 7.51. The number of aromatic nitrogens is 3. The molecule has 4 rings (SSSR count). The predicted octanol–water partition coefficient (Wildman–Crippen LogP) is 4.30. The van der Waals surface area contributed by atoms with E-state index in [0.717, 1.165) is 48.1 Å². The minimum absolute atomic E-state index is 0.300. The summed E-state index contributed by atoms with van der Waals surface area (Å²) >= 11 is 0. The van der Waals surface area contributed by atoms with Gasteiger partial charge in [-0.25, -0.2) is 9.78 Å². The summed E-state index contributed by atoms with van der Waals surface area (Å²) < 4.78 is 13.0. The number of hydrogen-bond acceptors (Lipinski definition) is 7. The number of fused-ring (bicyclic) bond motifs is 1. The number of nitrogens with one attached hydrogen (secondary N) is 1. The molecule has 0 spiro atoms. The Hall–Kier alpha value is -3.33. The largest absolute Gasteiger partial charge is 0.495 e. The van der Waals surface area contributed by atoms with Crippen molar-refractivity contribution in [2.75, 3.05) is 38.3 Å². The average molecular weight is 453 g/mol. The molecule has 1 aliphatic rings. The number of pyridine rings is 1. The fourth-order valence-corrected chi connectivity index (χ4v) is 4.19. The van der Waals surface area contributed by atoms with Crippen molar-refractivity contribution >= 4 is 28.5 Å². The van der Waals surface area contributed by atoms with Gasteiger partial charge in [0.25, 0.3) is 0 Å². The highest BCUT2D eigenvalue weighted by Gasteiger charge is 2.25. The van der Waals surface area contributed by atoms with Crippen LogP contribution in [0.4, 0.5) is 16.3 Å². The molecular weight excluding hydrogens is 420 g/mol. The summed E-state index contributed by atoms with van der Waals surface area (Å²) in [6, 6.07) is 7.79. The molecule has 1 amide bonds. The standard InChI is InChI=1S/C24H32N6O3/c1-24(2,3)33-23(31)27-17-7-6-15(14-19(17)32-5)21-20-18(8-11-26-22(20)25)30(28-21)16-9-12-29(4)13-10-16/h6-8,11,14,16H,9-10,12-13H2,1-5H3,(H2,25,26)(H,27,31). The van der Waals surface area contributed by atoms with Gasteiger partial charge < -0.3 is 20.1 Å². The van der Waals surface area contributed by atoms with Gasteiger partial charge in [-0.2, -0.15) is 5.10 Å². The first kappa shape index (κ1) is 22.8. The number of methoxy groups -OCH3 is 1. The van der Waals surface area contributed by atoms with E-state index in [4.69, 9.17) is 20.3 Å². The third-order valence-electron chi connectivity index (χ3n) is 5.79. The lowest BCUT2D eigenvalue weighted by Crippen LogP contribution is -2.31. The number of rotatable bonds is 4. The van der Waals surface area contributed by atoms with Gasteiger partial charge in [0, 0.05) is 11.8 Å². The van der Waals surface area contributed by atoms with Crippen LogP contribution in [0, 0.1) is 0 Å². The van der Waals surface area contributed by atoms with E-state index in [0.29, 0.717) is 23.3 Å². The molecule has 0 unspecified atom stereocenters. The zero-order chi connectivity index (χ0) is 23.8. The van der Waals surface area contributed by atoms with Gasteiger partial charge in [0.1, 0.15) is 22.9 Å². The summed E-state index contributed by atoms with van der Waals surface area (Å²) in [5, 5.41) is 8.57. The van der Waals surface area contributed by atoms with E-state index in [9.17, 15) is 4.79 Å². The number of carbonyl (C=O) groups is 1. The monoisotopic (exact) mass is 452 g/mol. The highest BCUT2D eigenvalue weighted by molar-refractivity contribution is 6.00. The van der Waals surface area contributed by atoms with Crippen LogP contribution < -0.4 is 15.8 Å². The van der Waals surface area contributed by atoms with Gasteiger partial charge >= 0.3 is 6.09 Å². The van der Waals surface area contributed by atoms with E-state index >= 15 is 0 Å². The van der Waals surface area contributed by atoms with Crippen LogP contribution in [0.3, 0.4) is 0 Å². The second-order valence-electron chi connectivity index (χ2n) is 9.46. The maximum absolute atomic E-state index is 12.2. The molecule has 33 heavy (non-hydrogen) atoms. The van der Waals surface area contributed by atoms with Crippen molar-refractivity contribution in [2.24, 2.45) is 0 Å². The SMILES string of the molecule is COc1cc(-c2nn(C3CCN(C)CC3)c3ccnc(N)c23)ccc1NC(=O)OC(C)(C)C. The second kappa shape index (κ2) is 8.90. The molecule has 1 fully saturated rings. The van der Waals surface area contributed by atoms with Crippen LogP contribution in [0.25, 0.3) is 22.2 Å². The molecule has 0 bridgehead atoms. The third-order valence-corrected chi connectivity index (χ3v) is 5.79. The Balaban J connectivity index is 1.72. The number of likely N-dealkylation sites (tertiary alicyclic amines) is 1. The molecule has 3 heterocycles. The lowest BCUT2D eigenvalue weighted by molar-refractivity contribution is 0.0635. The number of piperidine rings is 1. The van der Waals surface area contributed by atoms with Crippen molar-refractivity contribution in [3.63, 3.8) is 0 Å². The van der Waals surface area contributed by atoms with Crippen LogP contribution >= 0.6 is 0 Å². The van der Waals surface area contributed by atoms with E-state index in [1.807, 2.05) is 39.0 Å². The maximum atomic E-state index is 12.2. The van der Waals surface area contributed by atoms with E-state index in [-0.39, 0.29) is 0 Å². The van der Waals surface area contributed by atoms with Crippen LogP contribution in [0.15, 0.2) is 30.5 Å². The zero-order valence-electron chi connectivity index (χ0n) is 19.9. The number of hydrogen-bond donors (Lipinski definition) is 2. The van der Waals surface area contributed by atoms with Crippen molar-refractivity contribution in [3.05, 3.63) is 30.5 Å². The number of nitrogens with zero attached hydrogens (tertiary/aromatic N) is 4. The Morgan fingerprint density at radius 1 is 1.21 bits per heavy atom. The molecule has 1 aromatic carbocycles. The van der Waals surface area contributed by atoms with E-state index in [2.05, 4.69) is 26.9 Å².